The number of carbonyl (C=O) groups excluding carboxylic acids is 1. The Bertz CT molecular complexity index is 1050. The van der Waals surface area contributed by atoms with E-state index in [1.807, 2.05) is 0 Å². The van der Waals surface area contributed by atoms with Crippen LogP contribution < -0.4 is 20.1 Å². The van der Waals surface area contributed by atoms with Crippen molar-refractivity contribution in [2.75, 3.05) is 23.8 Å². The van der Waals surface area contributed by atoms with Crippen LogP contribution in [-0.2, 0) is 0 Å². The molecule has 1 amide bonds. The molecule has 4 rings (SSSR count). The minimum absolute atomic E-state index is 0.0926. The third-order valence-corrected chi connectivity index (χ3v) is 3.89. The Morgan fingerprint density at radius 2 is 1.68 bits per heavy atom. The van der Waals surface area contributed by atoms with E-state index in [1.165, 1.54) is 18.5 Å². The standard InChI is InChI=1S/C19H14F2N4O3/c20-13-3-1-11(7-14(13)21)24-18-9-15(22-10-23-18)19(26)25-12-2-4-16-17(8-12)28-6-5-27-16/h1-4,7-10H,5-6H2,(H,25,26)(H,22,23,24). The summed E-state index contributed by atoms with van der Waals surface area (Å²) < 4.78 is 37.3. The summed E-state index contributed by atoms with van der Waals surface area (Å²) in [6, 6.07) is 9.80. The van der Waals surface area contributed by atoms with E-state index in [0.29, 0.717) is 30.4 Å². The molecule has 28 heavy (non-hydrogen) atoms. The molecule has 0 aliphatic carbocycles. The minimum Gasteiger partial charge on any atom is -0.486 e. The Balaban J connectivity index is 1.49. The smallest absolute Gasteiger partial charge is 0.274 e. The van der Waals surface area contributed by atoms with Crippen LogP contribution in [0.15, 0.2) is 48.8 Å². The molecule has 2 heterocycles. The molecule has 0 atom stereocenters. The molecule has 9 heteroatoms. The van der Waals surface area contributed by atoms with Crippen molar-refractivity contribution in [3.05, 3.63) is 66.1 Å². The number of hydrogen-bond acceptors (Lipinski definition) is 6. The van der Waals surface area contributed by atoms with Gasteiger partial charge in [0.2, 0.25) is 0 Å². The molecular weight excluding hydrogens is 370 g/mol. The normalized spacial score (nSPS) is 12.4. The average molecular weight is 384 g/mol. The highest BCUT2D eigenvalue weighted by Crippen LogP contribution is 2.32. The molecule has 0 spiro atoms. The molecule has 7 nitrogen and oxygen atoms in total. The molecule has 0 saturated heterocycles. The number of hydrogen-bond donors (Lipinski definition) is 2. The van der Waals surface area contributed by atoms with Gasteiger partial charge in [-0.25, -0.2) is 18.7 Å². The average Bonchev–Trinajstić information content (AvgIpc) is 2.71. The first-order valence-electron chi connectivity index (χ1n) is 8.33. The van der Waals surface area contributed by atoms with Crippen molar-refractivity contribution in [3.63, 3.8) is 0 Å². The zero-order valence-corrected chi connectivity index (χ0v) is 14.4. The van der Waals surface area contributed by atoms with Crippen molar-refractivity contribution in [2.24, 2.45) is 0 Å². The molecule has 0 unspecified atom stereocenters. The van der Waals surface area contributed by atoms with Crippen molar-refractivity contribution in [3.8, 4) is 11.5 Å². The molecule has 0 radical (unpaired) electrons. The van der Waals surface area contributed by atoms with Gasteiger partial charge in [-0.05, 0) is 24.3 Å². The monoisotopic (exact) mass is 384 g/mol. The number of anilines is 3. The number of fused-ring (bicyclic) bond motifs is 1. The quantitative estimate of drug-likeness (QED) is 0.716. The number of carbonyl (C=O) groups is 1. The zero-order valence-electron chi connectivity index (χ0n) is 14.4. The van der Waals surface area contributed by atoms with Gasteiger partial charge in [0.25, 0.3) is 5.91 Å². The van der Waals surface area contributed by atoms with E-state index in [1.54, 1.807) is 18.2 Å². The number of nitrogens with zero attached hydrogens (tertiary/aromatic N) is 2. The highest BCUT2D eigenvalue weighted by atomic mass is 19.2. The summed E-state index contributed by atoms with van der Waals surface area (Å²) in [6.07, 6.45) is 1.20. The molecule has 2 aromatic carbocycles. The van der Waals surface area contributed by atoms with Crippen LogP contribution in [-0.4, -0.2) is 29.1 Å². The lowest BCUT2D eigenvalue weighted by Crippen LogP contribution is -2.17. The second-order valence-corrected chi connectivity index (χ2v) is 5.85. The molecule has 3 aromatic rings. The van der Waals surface area contributed by atoms with Crippen LogP contribution in [0.2, 0.25) is 0 Å². The Morgan fingerprint density at radius 1 is 0.893 bits per heavy atom. The number of nitrogens with one attached hydrogen (secondary N) is 2. The number of ether oxygens (including phenoxy) is 2. The van der Waals surface area contributed by atoms with Crippen LogP contribution in [0, 0.1) is 11.6 Å². The first-order valence-corrected chi connectivity index (χ1v) is 8.33. The number of aromatic nitrogens is 2. The topological polar surface area (TPSA) is 85.4 Å². The Labute approximate surface area is 158 Å². The summed E-state index contributed by atoms with van der Waals surface area (Å²) in [5.74, 6) is -0.985. The van der Waals surface area contributed by atoms with E-state index in [9.17, 15) is 13.6 Å². The molecule has 0 bridgehead atoms. The molecule has 1 aromatic heterocycles. The number of amides is 1. The predicted molar refractivity (Wildman–Crippen MR) is 97.1 cm³/mol. The highest BCUT2D eigenvalue weighted by molar-refractivity contribution is 6.03. The minimum atomic E-state index is -0.990. The first-order chi connectivity index (χ1) is 13.6. The number of benzene rings is 2. The molecule has 2 N–H and O–H groups in total. The second kappa shape index (κ2) is 7.47. The van der Waals surface area contributed by atoms with Gasteiger partial charge in [0.05, 0.1) is 0 Å². The van der Waals surface area contributed by atoms with Crippen LogP contribution in [0.5, 0.6) is 11.5 Å². The van der Waals surface area contributed by atoms with Gasteiger partial charge in [0, 0.05) is 29.6 Å². The van der Waals surface area contributed by atoms with E-state index in [0.717, 1.165) is 12.1 Å². The van der Waals surface area contributed by atoms with Crippen molar-refractivity contribution in [1.82, 2.24) is 9.97 Å². The fraction of sp³-hybridized carbons (Fsp3) is 0.105. The maximum absolute atomic E-state index is 13.3. The van der Waals surface area contributed by atoms with Gasteiger partial charge in [-0.1, -0.05) is 0 Å². The van der Waals surface area contributed by atoms with Gasteiger partial charge in [0.15, 0.2) is 23.1 Å². The molecule has 1 aliphatic rings. The third kappa shape index (κ3) is 3.83. The Hall–Kier alpha value is -3.75. The Morgan fingerprint density at radius 3 is 2.50 bits per heavy atom. The summed E-state index contributed by atoms with van der Waals surface area (Å²) >= 11 is 0. The van der Waals surface area contributed by atoms with E-state index in [4.69, 9.17) is 9.47 Å². The van der Waals surface area contributed by atoms with Gasteiger partial charge in [-0.15, -0.1) is 0 Å². The Kier molecular flexibility index (Phi) is 4.71. The van der Waals surface area contributed by atoms with Crippen molar-refractivity contribution < 1.29 is 23.0 Å². The third-order valence-electron chi connectivity index (χ3n) is 3.89. The van der Waals surface area contributed by atoms with E-state index in [2.05, 4.69) is 20.6 Å². The lowest BCUT2D eigenvalue weighted by atomic mass is 10.2. The van der Waals surface area contributed by atoms with Gasteiger partial charge in [-0.3, -0.25) is 4.79 Å². The molecule has 142 valence electrons. The van der Waals surface area contributed by atoms with Gasteiger partial charge < -0.3 is 20.1 Å². The van der Waals surface area contributed by atoms with Crippen LogP contribution in [0.3, 0.4) is 0 Å². The maximum Gasteiger partial charge on any atom is 0.274 e. The summed E-state index contributed by atoms with van der Waals surface area (Å²) in [4.78, 5) is 20.4. The first kappa shape index (κ1) is 17.7. The van der Waals surface area contributed by atoms with Crippen LogP contribution >= 0.6 is 0 Å². The van der Waals surface area contributed by atoms with Gasteiger partial charge >= 0.3 is 0 Å². The largest absolute Gasteiger partial charge is 0.486 e. The zero-order chi connectivity index (χ0) is 19.5. The summed E-state index contributed by atoms with van der Waals surface area (Å²) in [6.45, 7) is 0.919. The van der Waals surface area contributed by atoms with E-state index < -0.39 is 17.5 Å². The van der Waals surface area contributed by atoms with Gasteiger partial charge in [-0.2, -0.15) is 0 Å². The fourth-order valence-electron chi connectivity index (χ4n) is 2.59. The van der Waals surface area contributed by atoms with Crippen LogP contribution in [0.1, 0.15) is 10.5 Å². The summed E-state index contributed by atoms with van der Waals surface area (Å²) in [5.41, 5.74) is 0.897. The summed E-state index contributed by atoms with van der Waals surface area (Å²) in [5, 5.41) is 5.51. The number of rotatable bonds is 4. The van der Waals surface area contributed by atoms with Gasteiger partial charge in [0.1, 0.15) is 31.1 Å². The fourth-order valence-corrected chi connectivity index (χ4v) is 2.59. The molecular formula is C19H14F2N4O3. The summed E-state index contributed by atoms with van der Waals surface area (Å²) in [7, 11) is 0. The number of halogens is 2. The lowest BCUT2D eigenvalue weighted by Gasteiger charge is -2.19. The molecule has 0 saturated carbocycles. The maximum atomic E-state index is 13.3. The van der Waals surface area contributed by atoms with Crippen LogP contribution in [0.25, 0.3) is 0 Å². The molecule has 0 fully saturated rings. The van der Waals surface area contributed by atoms with Crippen molar-refractivity contribution in [2.45, 2.75) is 0 Å². The van der Waals surface area contributed by atoms with E-state index in [-0.39, 0.29) is 17.2 Å². The second-order valence-electron chi connectivity index (χ2n) is 5.85. The lowest BCUT2D eigenvalue weighted by molar-refractivity contribution is 0.102. The molecule has 1 aliphatic heterocycles. The predicted octanol–water partition coefficient (Wildman–Crippen LogP) is 3.52. The SMILES string of the molecule is O=C(Nc1ccc2c(c1)OCCO2)c1cc(Nc2ccc(F)c(F)c2)ncn1. The highest BCUT2D eigenvalue weighted by Gasteiger charge is 2.14. The van der Waals surface area contributed by atoms with Crippen molar-refractivity contribution in [1.29, 1.82) is 0 Å². The van der Waals surface area contributed by atoms with Crippen molar-refractivity contribution >= 4 is 23.1 Å². The van der Waals surface area contributed by atoms with Crippen LogP contribution in [0.4, 0.5) is 26.0 Å². The van der Waals surface area contributed by atoms with E-state index >= 15 is 0 Å².